The second kappa shape index (κ2) is 6.52. The van der Waals surface area contributed by atoms with Crippen molar-refractivity contribution in [1.29, 1.82) is 0 Å². The van der Waals surface area contributed by atoms with Crippen LogP contribution in [0, 0.1) is 0 Å². The summed E-state index contributed by atoms with van der Waals surface area (Å²) < 4.78 is 0. The smallest absolute Gasteiger partial charge is 0.229 e. The molecule has 1 amide bonds. The zero-order valence-corrected chi connectivity index (χ0v) is 11.0. The van der Waals surface area contributed by atoms with E-state index in [9.17, 15) is 4.79 Å². The van der Waals surface area contributed by atoms with E-state index >= 15 is 0 Å². The maximum Gasteiger partial charge on any atom is 0.229 e. The third-order valence-electron chi connectivity index (χ3n) is 2.95. The Kier molecular flexibility index (Phi) is 5.31. The second-order valence-corrected chi connectivity index (χ2v) is 5.05. The Hall–Kier alpha value is -1.39. The van der Waals surface area contributed by atoms with Gasteiger partial charge in [-0.1, -0.05) is 30.3 Å². The van der Waals surface area contributed by atoms with E-state index in [-0.39, 0.29) is 25.0 Å². The molecule has 0 fully saturated rings. The van der Waals surface area contributed by atoms with Gasteiger partial charge in [-0.25, -0.2) is 0 Å². The molecule has 0 saturated carbocycles. The van der Waals surface area contributed by atoms with Crippen LogP contribution < -0.4 is 11.1 Å². The molecule has 1 aromatic carbocycles. The Morgan fingerprint density at radius 2 is 2.00 bits per heavy atom. The number of nitrogens with one attached hydrogen (secondary N) is 1. The van der Waals surface area contributed by atoms with Crippen LogP contribution in [0.15, 0.2) is 30.3 Å². The second-order valence-electron chi connectivity index (χ2n) is 5.05. The molecule has 0 aliphatic carbocycles. The third kappa shape index (κ3) is 4.13. The molecule has 1 atom stereocenters. The number of hydrogen-bond acceptors (Lipinski definition) is 3. The minimum absolute atomic E-state index is 0.0475. The minimum Gasteiger partial charge on any atom is -0.396 e. The molecule has 0 radical (unpaired) electrons. The lowest BCUT2D eigenvalue weighted by Gasteiger charge is -2.28. The van der Waals surface area contributed by atoms with Crippen LogP contribution in [0.2, 0.25) is 0 Å². The van der Waals surface area contributed by atoms with Crippen molar-refractivity contribution in [3.63, 3.8) is 0 Å². The SMILES string of the molecule is CC(C)(CCO)NC(=O)C(CN)c1ccccc1. The molecule has 0 aliphatic rings. The predicted molar refractivity (Wildman–Crippen MR) is 72.2 cm³/mol. The number of hydrogen-bond donors (Lipinski definition) is 3. The molecule has 4 N–H and O–H groups in total. The average molecular weight is 250 g/mol. The maximum atomic E-state index is 12.2. The molecule has 0 aliphatic heterocycles. The molecular formula is C14H22N2O2. The lowest BCUT2D eigenvalue weighted by atomic mass is 9.95. The highest BCUT2D eigenvalue weighted by Crippen LogP contribution is 2.17. The van der Waals surface area contributed by atoms with E-state index in [4.69, 9.17) is 10.8 Å². The number of amides is 1. The van der Waals surface area contributed by atoms with Gasteiger partial charge in [0.25, 0.3) is 0 Å². The van der Waals surface area contributed by atoms with Gasteiger partial charge in [-0.3, -0.25) is 4.79 Å². The fourth-order valence-electron chi connectivity index (χ4n) is 1.84. The lowest BCUT2D eigenvalue weighted by Crippen LogP contribution is -2.47. The van der Waals surface area contributed by atoms with Crippen LogP contribution in [0.1, 0.15) is 31.7 Å². The monoisotopic (exact) mass is 250 g/mol. The molecule has 1 aromatic rings. The van der Waals surface area contributed by atoms with E-state index in [0.29, 0.717) is 6.42 Å². The summed E-state index contributed by atoms with van der Waals surface area (Å²) >= 11 is 0. The van der Waals surface area contributed by atoms with Gasteiger partial charge in [-0.05, 0) is 25.8 Å². The van der Waals surface area contributed by atoms with Gasteiger partial charge >= 0.3 is 0 Å². The van der Waals surface area contributed by atoms with E-state index in [1.807, 2.05) is 44.2 Å². The van der Waals surface area contributed by atoms with Gasteiger partial charge < -0.3 is 16.2 Å². The summed E-state index contributed by atoms with van der Waals surface area (Å²) in [6.07, 6.45) is 0.519. The quantitative estimate of drug-likeness (QED) is 0.705. The fraction of sp³-hybridized carbons (Fsp3) is 0.500. The molecular weight excluding hydrogens is 228 g/mol. The van der Waals surface area contributed by atoms with Gasteiger partial charge in [0.1, 0.15) is 0 Å². The van der Waals surface area contributed by atoms with Crippen molar-refractivity contribution in [3.05, 3.63) is 35.9 Å². The topological polar surface area (TPSA) is 75.3 Å². The van der Waals surface area contributed by atoms with Crippen molar-refractivity contribution < 1.29 is 9.90 Å². The van der Waals surface area contributed by atoms with Gasteiger partial charge in [0.05, 0.1) is 5.92 Å². The van der Waals surface area contributed by atoms with Crippen molar-refractivity contribution in [2.45, 2.75) is 31.7 Å². The fourth-order valence-corrected chi connectivity index (χ4v) is 1.84. The van der Waals surface area contributed by atoms with Gasteiger partial charge in [0.15, 0.2) is 0 Å². The Balaban J connectivity index is 2.75. The minimum atomic E-state index is -0.423. The van der Waals surface area contributed by atoms with E-state index in [1.165, 1.54) is 0 Å². The number of carbonyl (C=O) groups is 1. The summed E-state index contributed by atoms with van der Waals surface area (Å²) in [6.45, 7) is 4.09. The molecule has 1 rings (SSSR count). The lowest BCUT2D eigenvalue weighted by molar-refractivity contribution is -0.124. The predicted octanol–water partition coefficient (Wildman–Crippen LogP) is 1.01. The number of aliphatic hydroxyl groups excluding tert-OH is 1. The zero-order chi connectivity index (χ0) is 13.6. The number of benzene rings is 1. The first-order valence-electron chi connectivity index (χ1n) is 6.18. The maximum absolute atomic E-state index is 12.2. The summed E-state index contributed by atoms with van der Waals surface area (Å²) in [6, 6.07) is 9.49. The molecule has 4 heteroatoms. The van der Waals surface area contributed by atoms with E-state index < -0.39 is 5.54 Å². The molecule has 100 valence electrons. The first-order chi connectivity index (χ1) is 8.50. The van der Waals surface area contributed by atoms with Gasteiger partial charge in [-0.15, -0.1) is 0 Å². The summed E-state index contributed by atoms with van der Waals surface area (Å²) in [5.74, 6) is -0.439. The van der Waals surface area contributed by atoms with E-state index in [0.717, 1.165) is 5.56 Å². The van der Waals surface area contributed by atoms with Crippen molar-refractivity contribution in [3.8, 4) is 0 Å². The zero-order valence-electron chi connectivity index (χ0n) is 11.0. The van der Waals surface area contributed by atoms with Crippen LogP contribution >= 0.6 is 0 Å². The van der Waals surface area contributed by atoms with Gasteiger partial charge in [-0.2, -0.15) is 0 Å². The Morgan fingerprint density at radius 1 is 1.39 bits per heavy atom. The van der Waals surface area contributed by atoms with Crippen LogP contribution in [0.4, 0.5) is 0 Å². The molecule has 0 saturated heterocycles. The molecule has 0 bridgehead atoms. The standard InChI is InChI=1S/C14H22N2O2/c1-14(2,8-9-17)16-13(18)12(10-15)11-6-4-3-5-7-11/h3-7,12,17H,8-10,15H2,1-2H3,(H,16,18). The Labute approximate surface area is 108 Å². The van der Waals surface area contributed by atoms with E-state index in [2.05, 4.69) is 5.32 Å². The normalized spacial score (nSPS) is 13.1. The Morgan fingerprint density at radius 3 is 2.50 bits per heavy atom. The number of rotatable bonds is 6. The largest absolute Gasteiger partial charge is 0.396 e. The average Bonchev–Trinajstić information content (AvgIpc) is 2.30. The highest BCUT2D eigenvalue weighted by molar-refractivity contribution is 5.84. The van der Waals surface area contributed by atoms with Crippen LogP contribution in [0.3, 0.4) is 0 Å². The van der Waals surface area contributed by atoms with Crippen molar-refractivity contribution >= 4 is 5.91 Å². The Bertz CT molecular complexity index is 377. The molecule has 18 heavy (non-hydrogen) atoms. The van der Waals surface area contributed by atoms with Crippen molar-refractivity contribution in [2.24, 2.45) is 5.73 Å². The molecule has 0 spiro atoms. The van der Waals surface area contributed by atoms with Crippen LogP contribution in [0.5, 0.6) is 0 Å². The molecule has 0 heterocycles. The first-order valence-corrected chi connectivity index (χ1v) is 6.18. The van der Waals surface area contributed by atoms with Gasteiger partial charge in [0.2, 0.25) is 5.91 Å². The third-order valence-corrected chi connectivity index (χ3v) is 2.95. The van der Waals surface area contributed by atoms with Crippen LogP contribution in [-0.2, 0) is 4.79 Å². The summed E-state index contributed by atoms with van der Waals surface area (Å²) in [5.41, 5.74) is 6.18. The summed E-state index contributed by atoms with van der Waals surface area (Å²) in [7, 11) is 0. The van der Waals surface area contributed by atoms with Crippen molar-refractivity contribution in [1.82, 2.24) is 5.32 Å². The molecule has 0 aromatic heterocycles. The van der Waals surface area contributed by atoms with E-state index in [1.54, 1.807) is 0 Å². The summed E-state index contributed by atoms with van der Waals surface area (Å²) in [4.78, 5) is 12.2. The number of nitrogens with two attached hydrogens (primary N) is 1. The molecule has 4 nitrogen and oxygen atoms in total. The van der Waals surface area contributed by atoms with Crippen LogP contribution in [0.25, 0.3) is 0 Å². The van der Waals surface area contributed by atoms with Gasteiger partial charge in [0, 0.05) is 18.7 Å². The highest BCUT2D eigenvalue weighted by Gasteiger charge is 2.25. The van der Waals surface area contributed by atoms with Crippen LogP contribution in [-0.4, -0.2) is 29.7 Å². The first kappa shape index (κ1) is 14.7. The van der Waals surface area contributed by atoms with Crippen molar-refractivity contribution in [2.75, 3.05) is 13.2 Å². The highest BCUT2D eigenvalue weighted by atomic mass is 16.3. The summed E-state index contributed by atoms with van der Waals surface area (Å²) in [5, 5.41) is 11.9. The number of carbonyl (C=O) groups excluding carboxylic acids is 1. The number of aliphatic hydroxyl groups is 1. The molecule has 1 unspecified atom stereocenters.